The van der Waals surface area contributed by atoms with E-state index < -0.39 is 0 Å². The summed E-state index contributed by atoms with van der Waals surface area (Å²) < 4.78 is 22.8. The normalized spacial score (nSPS) is 17.3. The minimum absolute atomic E-state index is 0.0189. The van der Waals surface area contributed by atoms with Gasteiger partial charge in [0.15, 0.2) is 17.3 Å². The summed E-state index contributed by atoms with van der Waals surface area (Å²) in [5.74, 6) is 2.28. The molecule has 5 heteroatoms. The van der Waals surface area contributed by atoms with Crippen LogP contribution in [0.25, 0.3) is 6.08 Å². The van der Waals surface area contributed by atoms with Gasteiger partial charge >= 0.3 is 0 Å². The topological polar surface area (TPSA) is 54.0 Å². The predicted molar refractivity (Wildman–Crippen MR) is 107 cm³/mol. The Kier molecular flexibility index (Phi) is 4.53. The lowest BCUT2D eigenvalue weighted by Crippen LogP contribution is -2.27. The van der Waals surface area contributed by atoms with Gasteiger partial charge in [0.1, 0.15) is 30.3 Å². The SMILES string of the molecule is COc1c(C(=O)C(C)c2ccc3c(c2)OCCO3)ccc2c1C=CC(C)(C)O2. The molecule has 0 aromatic heterocycles. The summed E-state index contributed by atoms with van der Waals surface area (Å²) in [5, 5.41) is 0. The number of carbonyl (C=O) groups excluding carboxylic acids is 1. The van der Waals surface area contributed by atoms with Crippen molar-refractivity contribution in [2.75, 3.05) is 20.3 Å². The van der Waals surface area contributed by atoms with Crippen LogP contribution in [0.4, 0.5) is 0 Å². The van der Waals surface area contributed by atoms with E-state index in [9.17, 15) is 4.79 Å². The minimum Gasteiger partial charge on any atom is -0.495 e. The lowest BCUT2D eigenvalue weighted by molar-refractivity contribution is 0.0962. The monoisotopic (exact) mass is 380 g/mol. The van der Waals surface area contributed by atoms with Crippen LogP contribution in [0.3, 0.4) is 0 Å². The van der Waals surface area contributed by atoms with Crippen LogP contribution in [0.5, 0.6) is 23.0 Å². The molecule has 2 aliphatic heterocycles. The molecule has 2 heterocycles. The molecule has 1 atom stereocenters. The van der Waals surface area contributed by atoms with Crippen LogP contribution in [0, 0.1) is 0 Å². The molecule has 4 rings (SSSR count). The molecule has 1 unspecified atom stereocenters. The van der Waals surface area contributed by atoms with Crippen molar-refractivity contribution in [3.8, 4) is 23.0 Å². The second kappa shape index (κ2) is 6.89. The molecular weight excluding hydrogens is 356 g/mol. The van der Waals surface area contributed by atoms with Crippen molar-refractivity contribution in [2.24, 2.45) is 0 Å². The van der Waals surface area contributed by atoms with E-state index in [-0.39, 0.29) is 17.3 Å². The number of benzene rings is 2. The highest BCUT2D eigenvalue weighted by atomic mass is 16.6. The van der Waals surface area contributed by atoms with E-state index in [2.05, 4.69) is 0 Å². The second-order valence-electron chi connectivity index (χ2n) is 7.59. The van der Waals surface area contributed by atoms with Crippen molar-refractivity contribution in [2.45, 2.75) is 32.3 Å². The summed E-state index contributed by atoms with van der Waals surface area (Å²) in [7, 11) is 1.58. The van der Waals surface area contributed by atoms with E-state index in [0.717, 1.165) is 11.1 Å². The molecule has 2 aliphatic rings. The van der Waals surface area contributed by atoms with Gasteiger partial charge in [0.25, 0.3) is 0 Å². The average Bonchev–Trinajstić information content (AvgIpc) is 2.70. The highest BCUT2D eigenvalue weighted by molar-refractivity contribution is 6.04. The number of methoxy groups -OCH3 is 1. The van der Waals surface area contributed by atoms with Crippen LogP contribution in [0.15, 0.2) is 36.4 Å². The molecule has 2 aromatic carbocycles. The summed E-state index contributed by atoms with van der Waals surface area (Å²) in [6.45, 7) is 6.92. The maximum atomic E-state index is 13.3. The van der Waals surface area contributed by atoms with E-state index in [1.165, 1.54) is 0 Å². The number of carbonyl (C=O) groups is 1. The molecule has 0 spiro atoms. The minimum atomic E-state index is -0.387. The van der Waals surface area contributed by atoms with E-state index in [1.807, 2.05) is 57.2 Å². The Balaban J connectivity index is 1.68. The molecule has 28 heavy (non-hydrogen) atoms. The van der Waals surface area contributed by atoms with E-state index in [4.69, 9.17) is 18.9 Å². The fourth-order valence-corrected chi connectivity index (χ4v) is 3.56. The van der Waals surface area contributed by atoms with Crippen molar-refractivity contribution < 1.29 is 23.7 Å². The van der Waals surface area contributed by atoms with Crippen LogP contribution in [-0.2, 0) is 0 Å². The number of ether oxygens (including phenoxy) is 4. The molecule has 146 valence electrons. The number of fused-ring (bicyclic) bond motifs is 2. The molecule has 0 N–H and O–H groups in total. The van der Waals surface area contributed by atoms with Gasteiger partial charge < -0.3 is 18.9 Å². The first kappa shape index (κ1) is 18.4. The van der Waals surface area contributed by atoms with E-state index in [1.54, 1.807) is 13.2 Å². The van der Waals surface area contributed by atoms with Crippen molar-refractivity contribution in [1.82, 2.24) is 0 Å². The third-order valence-corrected chi connectivity index (χ3v) is 5.11. The summed E-state index contributed by atoms with van der Waals surface area (Å²) in [4.78, 5) is 13.3. The number of ketones is 1. The third-order valence-electron chi connectivity index (χ3n) is 5.11. The first-order chi connectivity index (χ1) is 13.4. The standard InChI is InChI=1S/C23H24O5/c1-14(15-5-7-19-20(13-15)27-12-11-26-19)21(24)17-6-8-18-16(22(17)25-4)9-10-23(2,3)28-18/h5-10,13-14H,11-12H2,1-4H3. The molecular formula is C23H24O5. The average molecular weight is 380 g/mol. The maximum absolute atomic E-state index is 13.3. The van der Waals surface area contributed by atoms with Gasteiger partial charge in [-0.15, -0.1) is 0 Å². The van der Waals surface area contributed by atoms with Crippen molar-refractivity contribution >= 4 is 11.9 Å². The second-order valence-corrected chi connectivity index (χ2v) is 7.59. The fraction of sp³-hybridized carbons (Fsp3) is 0.348. The summed E-state index contributed by atoms with van der Waals surface area (Å²) >= 11 is 0. The molecule has 5 nitrogen and oxygen atoms in total. The zero-order valence-electron chi connectivity index (χ0n) is 16.6. The Morgan fingerprint density at radius 2 is 1.79 bits per heavy atom. The lowest BCUT2D eigenvalue weighted by Gasteiger charge is -2.29. The highest BCUT2D eigenvalue weighted by Crippen LogP contribution is 2.41. The molecule has 0 fully saturated rings. The Labute approximate surface area is 164 Å². The Hall–Kier alpha value is -2.95. The van der Waals surface area contributed by atoms with Gasteiger partial charge in [-0.1, -0.05) is 13.0 Å². The maximum Gasteiger partial charge on any atom is 0.173 e. The van der Waals surface area contributed by atoms with Gasteiger partial charge in [-0.05, 0) is 55.8 Å². The highest BCUT2D eigenvalue weighted by Gasteiger charge is 2.29. The summed E-state index contributed by atoms with van der Waals surface area (Å²) in [6.07, 6.45) is 3.93. The van der Waals surface area contributed by atoms with Crippen LogP contribution >= 0.6 is 0 Å². The zero-order valence-corrected chi connectivity index (χ0v) is 16.6. The lowest BCUT2D eigenvalue weighted by atomic mass is 9.89. The largest absolute Gasteiger partial charge is 0.495 e. The summed E-state index contributed by atoms with van der Waals surface area (Å²) in [6, 6.07) is 9.27. The number of hydrogen-bond donors (Lipinski definition) is 0. The quantitative estimate of drug-likeness (QED) is 0.724. The van der Waals surface area contributed by atoms with E-state index >= 15 is 0 Å². The number of Topliss-reactive ketones (excluding diaryl/α,β-unsaturated/α-hetero) is 1. The molecule has 2 aromatic rings. The van der Waals surface area contributed by atoms with Gasteiger partial charge in [-0.2, -0.15) is 0 Å². The molecule has 0 saturated carbocycles. The predicted octanol–water partition coefficient (Wildman–Crippen LogP) is 4.64. The van der Waals surface area contributed by atoms with Crippen LogP contribution in [0.1, 0.15) is 48.2 Å². The summed E-state index contributed by atoms with van der Waals surface area (Å²) in [5.41, 5.74) is 1.82. The van der Waals surface area contributed by atoms with Gasteiger partial charge in [0.05, 0.1) is 18.2 Å². The van der Waals surface area contributed by atoms with E-state index in [0.29, 0.717) is 41.8 Å². The van der Waals surface area contributed by atoms with Crippen molar-refractivity contribution in [1.29, 1.82) is 0 Å². The first-order valence-electron chi connectivity index (χ1n) is 9.42. The first-order valence-corrected chi connectivity index (χ1v) is 9.42. The van der Waals surface area contributed by atoms with Crippen molar-refractivity contribution in [3.05, 3.63) is 53.1 Å². The van der Waals surface area contributed by atoms with Crippen LogP contribution in [-0.4, -0.2) is 31.7 Å². The van der Waals surface area contributed by atoms with Gasteiger partial charge in [-0.25, -0.2) is 0 Å². The third kappa shape index (κ3) is 3.21. The van der Waals surface area contributed by atoms with Crippen LogP contribution < -0.4 is 18.9 Å². The number of hydrogen-bond acceptors (Lipinski definition) is 5. The Morgan fingerprint density at radius 3 is 2.54 bits per heavy atom. The fourth-order valence-electron chi connectivity index (χ4n) is 3.56. The Morgan fingerprint density at radius 1 is 1.07 bits per heavy atom. The Bertz CT molecular complexity index is 958. The van der Waals surface area contributed by atoms with Gasteiger partial charge in [-0.3, -0.25) is 4.79 Å². The molecule has 0 saturated heterocycles. The van der Waals surface area contributed by atoms with Crippen LogP contribution in [0.2, 0.25) is 0 Å². The smallest absolute Gasteiger partial charge is 0.173 e. The molecule has 0 bridgehead atoms. The zero-order chi connectivity index (χ0) is 19.9. The van der Waals surface area contributed by atoms with Gasteiger partial charge in [0.2, 0.25) is 0 Å². The van der Waals surface area contributed by atoms with Gasteiger partial charge in [0, 0.05) is 5.92 Å². The number of rotatable bonds is 4. The molecule has 0 amide bonds. The molecule has 0 radical (unpaired) electrons. The van der Waals surface area contributed by atoms with Crippen molar-refractivity contribution in [3.63, 3.8) is 0 Å². The molecule has 0 aliphatic carbocycles.